The molecule has 0 fully saturated rings. The molecule has 0 aliphatic rings. The molecule has 0 amide bonds. The number of benzene rings is 1. The summed E-state index contributed by atoms with van der Waals surface area (Å²) >= 11 is 6.35. The maximum Gasteiger partial charge on any atom is 0.157 e. The minimum absolute atomic E-state index is 0.0259. The Kier molecular flexibility index (Phi) is 3.59. The smallest absolute Gasteiger partial charge is 0.157 e. The van der Waals surface area contributed by atoms with Crippen LogP contribution < -0.4 is 11.1 Å². The Morgan fingerprint density at radius 3 is 2.88 bits per heavy atom. The molecule has 0 aliphatic carbocycles. The second kappa shape index (κ2) is 5.68. The van der Waals surface area contributed by atoms with Crippen molar-refractivity contribution < 1.29 is 4.39 Å². The summed E-state index contributed by atoms with van der Waals surface area (Å²) in [5, 5.41) is 10.4. The molecule has 4 N–H and O–H groups in total. The lowest BCUT2D eigenvalue weighted by Gasteiger charge is -2.14. The topological polar surface area (TPSA) is 96.9 Å². The molecule has 0 aliphatic heterocycles. The van der Waals surface area contributed by atoms with E-state index < -0.39 is 11.9 Å². The second-order valence-corrected chi connectivity index (χ2v) is 6.16. The molecule has 4 aromatic rings. The van der Waals surface area contributed by atoms with E-state index in [0.29, 0.717) is 39.2 Å². The van der Waals surface area contributed by atoms with Crippen LogP contribution in [0.5, 0.6) is 0 Å². The fourth-order valence-electron chi connectivity index (χ4n) is 2.96. The number of halogens is 2. The fraction of sp³-hybridized carbons (Fsp3) is 0.188. The number of hydrogen-bond donors (Lipinski definition) is 3. The Morgan fingerprint density at radius 2 is 2.16 bits per heavy atom. The van der Waals surface area contributed by atoms with Gasteiger partial charge >= 0.3 is 0 Å². The number of imidazole rings is 1. The lowest BCUT2D eigenvalue weighted by atomic mass is 9.99. The van der Waals surface area contributed by atoms with E-state index >= 15 is 0 Å². The summed E-state index contributed by atoms with van der Waals surface area (Å²) in [6, 6.07) is -0.531. The lowest BCUT2D eigenvalue weighted by Crippen LogP contribution is -2.09. The van der Waals surface area contributed by atoms with E-state index in [9.17, 15) is 4.39 Å². The highest BCUT2D eigenvalue weighted by Gasteiger charge is 2.23. The van der Waals surface area contributed by atoms with Gasteiger partial charge in [0.2, 0.25) is 0 Å². The van der Waals surface area contributed by atoms with Crippen LogP contribution >= 0.6 is 11.6 Å². The van der Waals surface area contributed by atoms with Crippen LogP contribution in [0.4, 0.5) is 10.2 Å². The van der Waals surface area contributed by atoms with Crippen molar-refractivity contribution in [2.75, 3.05) is 12.4 Å². The number of nitrogens with one attached hydrogen (secondary N) is 2. The molecular weight excluding hydrogens is 345 g/mol. The Hall–Kier alpha value is -2.71. The Morgan fingerprint density at radius 1 is 1.36 bits per heavy atom. The van der Waals surface area contributed by atoms with Crippen LogP contribution in [0.25, 0.3) is 27.8 Å². The Bertz CT molecular complexity index is 1100. The van der Waals surface area contributed by atoms with E-state index in [2.05, 4.69) is 25.5 Å². The van der Waals surface area contributed by atoms with Gasteiger partial charge in [0.1, 0.15) is 11.6 Å². The molecule has 1 unspecified atom stereocenters. The highest BCUT2D eigenvalue weighted by Crippen LogP contribution is 2.39. The van der Waals surface area contributed by atoms with Crippen LogP contribution in [-0.2, 0) is 0 Å². The first-order valence-electron chi connectivity index (χ1n) is 7.63. The molecule has 25 heavy (non-hydrogen) atoms. The monoisotopic (exact) mass is 359 g/mol. The summed E-state index contributed by atoms with van der Waals surface area (Å²) in [5.74, 6) is 0.142. The van der Waals surface area contributed by atoms with Gasteiger partial charge in [-0.15, -0.1) is 0 Å². The van der Waals surface area contributed by atoms with Gasteiger partial charge in [0.25, 0.3) is 0 Å². The normalized spacial score (nSPS) is 12.8. The zero-order valence-corrected chi connectivity index (χ0v) is 14.3. The van der Waals surface area contributed by atoms with E-state index in [1.165, 1.54) is 0 Å². The second-order valence-electron chi connectivity index (χ2n) is 5.78. The van der Waals surface area contributed by atoms with Gasteiger partial charge in [0, 0.05) is 35.8 Å². The average Bonchev–Trinajstić information content (AvgIpc) is 3.21. The molecule has 7 nitrogen and oxygen atoms in total. The van der Waals surface area contributed by atoms with Gasteiger partial charge in [-0.2, -0.15) is 5.10 Å². The number of nitrogens with two attached hydrogens (primary N) is 1. The first kappa shape index (κ1) is 15.8. The van der Waals surface area contributed by atoms with Crippen molar-refractivity contribution in [1.29, 1.82) is 0 Å². The van der Waals surface area contributed by atoms with Gasteiger partial charge in [-0.1, -0.05) is 11.6 Å². The molecule has 1 aromatic carbocycles. The molecule has 1 atom stereocenters. The number of anilines is 1. The zero-order chi connectivity index (χ0) is 17.7. The number of hydrogen-bond acceptors (Lipinski definition) is 5. The largest absolute Gasteiger partial charge is 0.372 e. The molecule has 0 spiro atoms. The van der Waals surface area contributed by atoms with Gasteiger partial charge in [0.05, 0.1) is 34.8 Å². The van der Waals surface area contributed by atoms with Crippen molar-refractivity contribution in [3.8, 4) is 11.3 Å². The molecule has 0 saturated carbocycles. The maximum atomic E-state index is 14.9. The summed E-state index contributed by atoms with van der Waals surface area (Å²) in [4.78, 5) is 8.74. The quantitative estimate of drug-likeness (QED) is 0.522. The van der Waals surface area contributed by atoms with E-state index in [4.69, 9.17) is 17.3 Å². The van der Waals surface area contributed by atoms with Gasteiger partial charge in [0.15, 0.2) is 5.65 Å². The molecule has 3 aromatic heterocycles. The summed E-state index contributed by atoms with van der Waals surface area (Å²) in [6.45, 7) is 1.70. The van der Waals surface area contributed by atoms with Crippen LogP contribution in [-0.4, -0.2) is 31.6 Å². The third-order valence-electron chi connectivity index (χ3n) is 4.14. The number of nitrogens with zero attached hydrogens (tertiary/aromatic N) is 4. The summed E-state index contributed by atoms with van der Waals surface area (Å²) in [5.41, 5.74) is 8.39. The highest BCUT2D eigenvalue weighted by atomic mass is 35.5. The Labute approximate surface area is 147 Å². The molecule has 0 bridgehead atoms. The Balaban J connectivity index is 2.02. The molecular formula is C16H15ClFN7. The molecule has 0 saturated heterocycles. The molecule has 9 heteroatoms. The van der Waals surface area contributed by atoms with Crippen molar-refractivity contribution in [3.63, 3.8) is 0 Å². The predicted molar refractivity (Wildman–Crippen MR) is 95.2 cm³/mol. The SMILES string of the molecule is CNc1cn2cc(-c3c(Cl)c(F)c(C(C)N)c4[nH]ncc34)ncc2n1. The number of H-pyrrole nitrogens is 1. The molecule has 4 rings (SSSR count). The molecule has 128 valence electrons. The first-order valence-corrected chi connectivity index (χ1v) is 8.01. The minimum Gasteiger partial charge on any atom is -0.372 e. The van der Waals surface area contributed by atoms with Crippen molar-refractivity contribution in [3.05, 3.63) is 41.2 Å². The summed E-state index contributed by atoms with van der Waals surface area (Å²) in [6.07, 6.45) is 6.77. The van der Waals surface area contributed by atoms with Crippen LogP contribution in [0.3, 0.4) is 0 Å². The van der Waals surface area contributed by atoms with Gasteiger partial charge < -0.3 is 15.5 Å². The van der Waals surface area contributed by atoms with Crippen LogP contribution in [0.1, 0.15) is 18.5 Å². The van der Waals surface area contributed by atoms with Gasteiger partial charge in [-0.05, 0) is 6.92 Å². The number of aromatic nitrogens is 5. The standard InChI is InChI=1S/C16H15ClFN7/c1-7(19)12-15(18)14(17)13(8-3-22-24-16(8)12)9-5-25-6-10(20-2)23-11(25)4-21-9/h3-7,20H,19H2,1-2H3,(H,22,24). The third kappa shape index (κ3) is 2.33. The third-order valence-corrected chi connectivity index (χ3v) is 4.49. The van der Waals surface area contributed by atoms with Crippen molar-refractivity contribution in [2.24, 2.45) is 5.73 Å². The summed E-state index contributed by atoms with van der Waals surface area (Å²) < 4.78 is 16.7. The van der Waals surface area contributed by atoms with E-state index in [1.54, 1.807) is 37.0 Å². The van der Waals surface area contributed by atoms with Crippen LogP contribution in [0.2, 0.25) is 5.02 Å². The zero-order valence-electron chi connectivity index (χ0n) is 13.5. The fourth-order valence-corrected chi connectivity index (χ4v) is 3.26. The molecule has 0 radical (unpaired) electrons. The van der Waals surface area contributed by atoms with Gasteiger partial charge in [-0.25, -0.2) is 9.37 Å². The van der Waals surface area contributed by atoms with E-state index in [-0.39, 0.29) is 5.02 Å². The van der Waals surface area contributed by atoms with E-state index in [0.717, 1.165) is 0 Å². The number of aromatic amines is 1. The maximum absolute atomic E-state index is 14.9. The average molecular weight is 360 g/mol. The lowest BCUT2D eigenvalue weighted by molar-refractivity contribution is 0.597. The van der Waals surface area contributed by atoms with Crippen molar-refractivity contribution in [1.82, 2.24) is 24.6 Å². The first-order chi connectivity index (χ1) is 12.0. The van der Waals surface area contributed by atoms with Crippen LogP contribution in [0.15, 0.2) is 24.8 Å². The number of fused-ring (bicyclic) bond motifs is 2. The van der Waals surface area contributed by atoms with Crippen molar-refractivity contribution in [2.45, 2.75) is 13.0 Å². The van der Waals surface area contributed by atoms with E-state index in [1.807, 2.05) is 6.20 Å². The van der Waals surface area contributed by atoms with Gasteiger partial charge in [-0.3, -0.25) is 10.1 Å². The highest BCUT2D eigenvalue weighted by molar-refractivity contribution is 6.35. The predicted octanol–water partition coefficient (Wildman–Crippen LogP) is 3.13. The molecule has 3 heterocycles. The number of rotatable bonds is 3. The van der Waals surface area contributed by atoms with Crippen molar-refractivity contribution >= 4 is 34.0 Å². The van der Waals surface area contributed by atoms with Crippen LogP contribution in [0, 0.1) is 5.82 Å². The minimum atomic E-state index is -0.563. The summed E-state index contributed by atoms with van der Waals surface area (Å²) in [7, 11) is 1.78.